The van der Waals surface area contributed by atoms with Gasteiger partial charge in [-0.3, -0.25) is 0 Å². The minimum Gasteiger partial charge on any atom is -0.478 e. The van der Waals surface area contributed by atoms with E-state index >= 15 is 0 Å². The molecule has 0 fully saturated rings. The summed E-state index contributed by atoms with van der Waals surface area (Å²) >= 11 is 0. The first-order chi connectivity index (χ1) is 15.7. The van der Waals surface area contributed by atoms with Gasteiger partial charge in [-0.2, -0.15) is 0 Å². The Hall–Kier alpha value is -2.70. The van der Waals surface area contributed by atoms with Crippen LogP contribution < -0.4 is 0 Å². The lowest BCUT2D eigenvalue weighted by Gasteiger charge is -2.31. The molecule has 2 aromatic rings. The third-order valence-electron chi connectivity index (χ3n) is 5.39. The molecule has 2 rings (SSSR count). The zero-order chi connectivity index (χ0) is 25.2. The topological polar surface area (TPSA) is 115 Å². The standard InChI is InChI=1S/C13H28O2.2C7H6O2/c1-5-8-11(7-3)13(15)12(9-6-2)10(4)14;2*8-7(9)6-4-2-1-3-5-6/h10-15H,5-9H2,1-4H3;2*1-5H,(H,8,9). The van der Waals surface area contributed by atoms with Crippen LogP contribution in [-0.2, 0) is 0 Å². The van der Waals surface area contributed by atoms with Crippen molar-refractivity contribution < 1.29 is 30.0 Å². The number of carboxylic acids is 2. The van der Waals surface area contributed by atoms with E-state index in [9.17, 15) is 19.8 Å². The van der Waals surface area contributed by atoms with Crippen molar-refractivity contribution in [2.24, 2.45) is 11.8 Å². The molecule has 0 amide bonds. The largest absolute Gasteiger partial charge is 0.478 e. The van der Waals surface area contributed by atoms with Gasteiger partial charge in [-0.15, -0.1) is 0 Å². The molecule has 0 radical (unpaired) electrons. The summed E-state index contributed by atoms with van der Waals surface area (Å²) in [6.45, 7) is 8.16. The van der Waals surface area contributed by atoms with Crippen LogP contribution in [0.15, 0.2) is 60.7 Å². The normalized spacial score (nSPS) is 13.8. The van der Waals surface area contributed by atoms with Crippen LogP contribution in [0.2, 0.25) is 0 Å². The number of hydrogen-bond acceptors (Lipinski definition) is 4. The number of aliphatic hydroxyl groups is 2. The first-order valence-corrected chi connectivity index (χ1v) is 11.6. The number of carbonyl (C=O) groups is 2. The predicted octanol–water partition coefficient (Wildman–Crippen LogP) is 5.74. The van der Waals surface area contributed by atoms with Crippen LogP contribution in [-0.4, -0.2) is 44.6 Å². The second-order valence-electron chi connectivity index (χ2n) is 7.98. The highest BCUT2D eigenvalue weighted by Gasteiger charge is 2.28. The average molecular weight is 461 g/mol. The molecule has 33 heavy (non-hydrogen) atoms. The zero-order valence-corrected chi connectivity index (χ0v) is 20.2. The fourth-order valence-corrected chi connectivity index (χ4v) is 3.53. The van der Waals surface area contributed by atoms with Crippen molar-refractivity contribution in [1.82, 2.24) is 0 Å². The molecule has 0 heterocycles. The maximum atomic E-state index is 10.2. The predicted molar refractivity (Wildman–Crippen MR) is 132 cm³/mol. The lowest BCUT2D eigenvalue weighted by molar-refractivity contribution is -0.0192. The third kappa shape index (κ3) is 12.8. The highest BCUT2D eigenvalue weighted by atomic mass is 16.4. The van der Waals surface area contributed by atoms with Crippen LogP contribution in [0.4, 0.5) is 0 Å². The number of hydrogen-bond donors (Lipinski definition) is 4. The van der Waals surface area contributed by atoms with Gasteiger partial charge in [-0.05, 0) is 49.9 Å². The van der Waals surface area contributed by atoms with E-state index in [0.29, 0.717) is 17.0 Å². The third-order valence-corrected chi connectivity index (χ3v) is 5.39. The SMILES string of the molecule is CCCC(CC)C(O)C(CCC)C(C)O.O=C(O)c1ccccc1.O=C(O)c1ccccc1. The number of aromatic carboxylic acids is 2. The van der Waals surface area contributed by atoms with Gasteiger partial charge < -0.3 is 20.4 Å². The summed E-state index contributed by atoms with van der Waals surface area (Å²) in [7, 11) is 0. The Bertz CT molecular complexity index is 711. The maximum absolute atomic E-state index is 10.2. The number of benzene rings is 2. The van der Waals surface area contributed by atoms with Crippen LogP contribution in [0.25, 0.3) is 0 Å². The summed E-state index contributed by atoms with van der Waals surface area (Å²) in [6.07, 6.45) is 4.37. The Morgan fingerprint density at radius 2 is 1.12 bits per heavy atom. The molecule has 0 aromatic heterocycles. The smallest absolute Gasteiger partial charge is 0.335 e. The van der Waals surface area contributed by atoms with Gasteiger partial charge in [-0.1, -0.05) is 76.4 Å². The van der Waals surface area contributed by atoms with Crippen molar-refractivity contribution in [3.63, 3.8) is 0 Å². The van der Waals surface area contributed by atoms with Gasteiger partial charge >= 0.3 is 11.9 Å². The Morgan fingerprint density at radius 1 is 0.727 bits per heavy atom. The second-order valence-corrected chi connectivity index (χ2v) is 7.98. The van der Waals surface area contributed by atoms with E-state index < -0.39 is 18.0 Å². The van der Waals surface area contributed by atoms with Gasteiger partial charge in [-0.25, -0.2) is 9.59 Å². The van der Waals surface area contributed by atoms with Crippen LogP contribution in [0, 0.1) is 11.8 Å². The van der Waals surface area contributed by atoms with Crippen molar-refractivity contribution in [3.05, 3.63) is 71.8 Å². The maximum Gasteiger partial charge on any atom is 0.335 e. The highest BCUT2D eigenvalue weighted by Crippen LogP contribution is 2.26. The highest BCUT2D eigenvalue weighted by molar-refractivity contribution is 5.87. The minimum absolute atomic E-state index is 0.0477. The first kappa shape index (κ1) is 30.3. The van der Waals surface area contributed by atoms with Crippen molar-refractivity contribution in [1.29, 1.82) is 0 Å². The molecule has 0 saturated carbocycles. The summed E-state index contributed by atoms with van der Waals surface area (Å²) in [5, 5.41) is 36.7. The van der Waals surface area contributed by atoms with E-state index in [1.54, 1.807) is 67.6 Å². The van der Waals surface area contributed by atoms with E-state index in [1.165, 1.54) is 0 Å². The summed E-state index contributed by atoms with van der Waals surface area (Å²) < 4.78 is 0. The van der Waals surface area contributed by atoms with Gasteiger partial charge in [0.25, 0.3) is 0 Å². The summed E-state index contributed by atoms with van der Waals surface area (Å²) in [5.74, 6) is -1.36. The molecule has 6 nitrogen and oxygen atoms in total. The van der Waals surface area contributed by atoms with Crippen LogP contribution in [0.5, 0.6) is 0 Å². The van der Waals surface area contributed by atoms with Gasteiger partial charge in [0.15, 0.2) is 0 Å². The van der Waals surface area contributed by atoms with Crippen molar-refractivity contribution in [3.8, 4) is 0 Å². The summed E-state index contributed by atoms with van der Waals surface area (Å²) in [6, 6.07) is 16.6. The molecule has 4 unspecified atom stereocenters. The quantitative estimate of drug-likeness (QED) is 0.359. The number of aliphatic hydroxyl groups excluding tert-OH is 2. The van der Waals surface area contributed by atoms with Crippen LogP contribution in [0.1, 0.15) is 80.5 Å². The molecule has 0 saturated heterocycles. The van der Waals surface area contributed by atoms with E-state index in [0.717, 1.165) is 32.1 Å². The summed E-state index contributed by atoms with van der Waals surface area (Å²) in [4.78, 5) is 20.4. The average Bonchev–Trinajstić information content (AvgIpc) is 2.82. The fraction of sp³-hybridized carbons (Fsp3) is 0.481. The Balaban J connectivity index is 0.000000489. The Labute approximate surface area is 197 Å². The zero-order valence-electron chi connectivity index (χ0n) is 20.2. The van der Waals surface area contributed by atoms with E-state index in [1.807, 2.05) is 0 Å². The molecule has 2 aromatic carbocycles. The van der Waals surface area contributed by atoms with Gasteiger partial charge in [0.2, 0.25) is 0 Å². The van der Waals surface area contributed by atoms with Gasteiger partial charge in [0, 0.05) is 5.92 Å². The van der Waals surface area contributed by atoms with Crippen molar-refractivity contribution >= 4 is 11.9 Å². The molecule has 0 aliphatic carbocycles. The molecule has 0 spiro atoms. The molecule has 0 bridgehead atoms. The van der Waals surface area contributed by atoms with E-state index in [-0.39, 0.29) is 12.0 Å². The monoisotopic (exact) mass is 460 g/mol. The van der Waals surface area contributed by atoms with Crippen LogP contribution in [0.3, 0.4) is 0 Å². The molecule has 0 aliphatic heterocycles. The molecule has 4 N–H and O–H groups in total. The molecule has 0 aliphatic rings. The lowest BCUT2D eigenvalue weighted by Crippen LogP contribution is -2.35. The van der Waals surface area contributed by atoms with Gasteiger partial charge in [0.05, 0.1) is 23.3 Å². The molecule has 184 valence electrons. The van der Waals surface area contributed by atoms with Crippen LogP contribution >= 0.6 is 0 Å². The number of rotatable bonds is 10. The Morgan fingerprint density at radius 3 is 1.36 bits per heavy atom. The molecular weight excluding hydrogens is 420 g/mol. The molecule has 4 atom stereocenters. The second kappa shape index (κ2) is 17.8. The van der Waals surface area contributed by atoms with E-state index in [2.05, 4.69) is 20.8 Å². The van der Waals surface area contributed by atoms with Crippen molar-refractivity contribution in [2.75, 3.05) is 0 Å². The summed E-state index contributed by atoms with van der Waals surface area (Å²) in [5.41, 5.74) is 0.662. The fourth-order valence-electron chi connectivity index (χ4n) is 3.53. The Kier molecular flexibility index (Phi) is 16.4. The number of carboxylic acid groups (broad SMARTS) is 2. The molecular formula is C27H40O6. The first-order valence-electron chi connectivity index (χ1n) is 11.6. The molecule has 6 heteroatoms. The van der Waals surface area contributed by atoms with Crippen molar-refractivity contribution in [2.45, 2.75) is 72.0 Å². The minimum atomic E-state index is -0.879. The van der Waals surface area contributed by atoms with E-state index in [4.69, 9.17) is 10.2 Å². The van der Waals surface area contributed by atoms with Gasteiger partial charge in [0.1, 0.15) is 0 Å². The lowest BCUT2D eigenvalue weighted by atomic mass is 9.81.